The van der Waals surface area contributed by atoms with Crippen molar-refractivity contribution in [2.24, 2.45) is 16.6 Å². The van der Waals surface area contributed by atoms with Crippen LogP contribution in [0.3, 0.4) is 0 Å². The average molecular weight is 471 g/mol. The summed E-state index contributed by atoms with van der Waals surface area (Å²) in [5.74, 6) is -1.13. The van der Waals surface area contributed by atoms with Crippen molar-refractivity contribution in [3.8, 4) is 0 Å². The molecule has 0 aliphatic heterocycles. The number of sulfonamides is 1. The third-order valence-electron chi connectivity index (χ3n) is 3.95. The Balaban J connectivity index is 2.08. The van der Waals surface area contributed by atoms with Gasteiger partial charge in [-0.05, 0) is 35.8 Å². The van der Waals surface area contributed by atoms with Crippen molar-refractivity contribution in [1.29, 1.82) is 0 Å². The second-order valence-electron chi connectivity index (χ2n) is 6.43. The maximum Gasteiger partial charge on any atom is 0.275 e. The number of benzene rings is 1. The van der Waals surface area contributed by atoms with Gasteiger partial charge in [0.2, 0.25) is 21.9 Å². The molecule has 1 heterocycles. The Morgan fingerprint density at radius 2 is 1.94 bits per heavy atom. The van der Waals surface area contributed by atoms with Gasteiger partial charge in [-0.3, -0.25) is 14.3 Å². The fourth-order valence-electron chi connectivity index (χ4n) is 2.52. The molecule has 0 atom stereocenters. The smallest absolute Gasteiger partial charge is 0.275 e. The van der Waals surface area contributed by atoms with Crippen molar-refractivity contribution in [3.05, 3.63) is 63.0 Å². The van der Waals surface area contributed by atoms with Crippen LogP contribution in [-0.2, 0) is 32.0 Å². The van der Waals surface area contributed by atoms with Gasteiger partial charge in [0, 0.05) is 10.7 Å². The number of rotatable bonds is 10. The molecule has 0 spiro atoms. The van der Waals surface area contributed by atoms with E-state index >= 15 is 0 Å². The predicted molar refractivity (Wildman–Crippen MR) is 118 cm³/mol. The summed E-state index contributed by atoms with van der Waals surface area (Å²) in [6.07, 6.45) is 0. The van der Waals surface area contributed by atoms with Gasteiger partial charge >= 0.3 is 0 Å². The minimum Gasteiger partial charge on any atom is -0.391 e. The number of nitrogens with one attached hydrogen (secondary N) is 2. The summed E-state index contributed by atoms with van der Waals surface area (Å²) in [4.78, 5) is 29.6. The molecule has 0 aliphatic rings. The molecule has 0 fully saturated rings. The Morgan fingerprint density at radius 3 is 2.61 bits per heavy atom. The fraction of sp³-hybridized carbons (Fsp3) is 0.278. The molecule has 168 valence electrons. The van der Waals surface area contributed by atoms with Gasteiger partial charge in [0.05, 0.1) is 12.3 Å². The Hall–Kier alpha value is -3.25. The normalized spacial score (nSPS) is 10.9. The largest absolute Gasteiger partial charge is 0.391 e. The molecular formula is C18H23ClN6O5S. The molecule has 0 unspecified atom stereocenters. The average Bonchev–Trinajstić information content (AvgIpc) is 2.68. The van der Waals surface area contributed by atoms with Crippen molar-refractivity contribution in [1.82, 2.24) is 9.88 Å². The lowest BCUT2D eigenvalue weighted by Crippen LogP contribution is -2.36. The summed E-state index contributed by atoms with van der Waals surface area (Å²) in [6, 6.07) is 9.38. The minimum absolute atomic E-state index is 0.0272. The molecule has 0 radical (unpaired) electrons. The summed E-state index contributed by atoms with van der Waals surface area (Å²) >= 11 is 6.01. The van der Waals surface area contributed by atoms with Gasteiger partial charge in [-0.2, -0.15) is 0 Å². The molecule has 0 aliphatic carbocycles. The molecule has 1 amide bonds. The van der Waals surface area contributed by atoms with Crippen molar-refractivity contribution in [2.45, 2.75) is 19.2 Å². The molecule has 1 aromatic carbocycles. The van der Waals surface area contributed by atoms with Crippen LogP contribution in [0.5, 0.6) is 0 Å². The van der Waals surface area contributed by atoms with Gasteiger partial charge in [-0.1, -0.05) is 29.8 Å². The Labute approximate surface area is 184 Å². The highest BCUT2D eigenvalue weighted by atomic mass is 35.5. The molecule has 2 rings (SSSR count). The molecule has 31 heavy (non-hydrogen) atoms. The zero-order valence-corrected chi connectivity index (χ0v) is 18.2. The Bertz CT molecular complexity index is 1130. The number of guanidine groups is 1. The van der Waals surface area contributed by atoms with Crippen LogP contribution >= 0.6 is 11.6 Å². The van der Waals surface area contributed by atoms with Gasteiger partial charge in [0.25, 0.3) is 5.56 Å². The predicted octanol–water partition coefficient (Wildman–Crippen LogP) is 0.0732. The number of aryl methyl sites for hydroxylation is 1. The highest BCUT2D eigenvalue weighted by Crippen LogP contribution is 2.18. The maximum absolute atomic E-state index is 12.7. The molecule has 1 aromatic heterocycles. The summed E-state index contributed by atoms with van der Waals surface area (Å²) < 4.78 is 28.4. The van der Waals surface area contributed by atoms with E-state index in [1.807, 2.05) is 0 Å². The first-order valence-electron chi connectivity index (χ1n) is 9.01. The van der Waals surface area contributed by atoms with Crippen LogP contribution in [0.1, 0.15) is 11.3 Å². The van der Waals surface area contributed by atoms with E-state index in [1.165, 1.54) is 12.1 Å². The number of oxime groups is 1. The van der Waals surface area contributed by atoms with Crippen LogP contribution in [0.25, 0.3) is 0 Å². The van der Waals surface area contributed by atoms with E-state index < -0.39 is 27.2 Å². The summed E-state index contributed by atoms with van der Waals surface area (Å²) in [5, 5.41) is 6.15. The van der Waals surface area contributed by atoms with Crippen LogP contribution in [0.15, 0.2) is 46.3 Å². The van der Waals surface area contributed by atoms with Gasteiger partial charge in [0.1, 0.15) is 18.8 Å². The number of hydrogen-bond donors (Lipinski definition) is 4. The molecular weight excluding hydrogens is 448 g/mol. The second-order valence-corrected chi connectivity index (χ2v) is 8.56. The number of anilines is 1. The van der Waals surface area contributed by atoms with Crippen LogP contribution in [0.2, 0.25) is 5.02 Å². The van der Waals surface area contributed by atoms with Crippen LogP contribution in [0.4, 0.5) is 5.69 Å². The molecule has 0 saturated carbocycles. The monoisotopic (exact) mass is 470 g/mol. The number of halogens is 1. The quantitative estimate of drug-likeness (QED) is 0.165. The number of hydrogen-bond acceptors (Lipinski definition) is 6. The van der Waals surface area contributed by atoms with Crippen molar-refractivity contribution >= 4 is 39.2 Å². The first-order chi connectivity index (χ1) is 14.6. The second kappa shape index (κ2) is 10.7. The Kier molecular flexibility index (Phi) is 8.28. The van der Waals surface area contributed by atoms with Crippen LogP contribution < -0.4 is 27.1 Å². The highest BCUT2D eigenvalue weighted by Gasteiger charge is 2.17. The van der Waals surface area contributed by atoms with Crippen molar-refractivity contribution in [3.63, 3.8) is 0 Å². The van der Waals surface area contributed by atoms with Gasteiger partial charge in [-0.25, -0.2) is 8.42 Å². The zero-order valence-electron chi connectivity index (χ0n) is 16.7. The van der Waals surface area contributed by atoms with E-state index in [2.05, 4.69) is 15.2 Å². The lowest BCUT2D eigenvalue weighted by molar-refractivity contribution is -0.122. The minimum atomic E-state index is -3.92. The zero-order chi connectivity index (χ0) is 23.0. The number of carbonyl (C=O) groups is 1. The van der Waals surface area contributed by atoms with Crippen molar-refractivity contribution < 1.29 is 18.0 Å². The molecule has 13 heteroatoms. The number of pyridine rings is 1. The molecule has 6 N–H and O–H groups in total. The molecule has 0 saturated heterocycles. The lowest BCUT2D eigenvalue weighted by Gasteiger charge is -2.14. The SMILES string of the molecule is Cc1ccc(NS(=O)(=O)Cc2ccccc2Cl)c(=O)n1CC(=O)NCCON=C(N)N. The standard InChI is InChI=1S/C18H23ClN6O5S/c1-12-6-7-15(24-31(28,29)11-13-4-2-3-5-14(13)19)17(27)25(12)10-16(26)22-8-9-30-23-18(20)21/h2-7,24H,8-11H2,1H3,(H,22,26)(H4,20,21,23). The topological polar surface area (TPSA) is 171 Å². The third-order valence-corrected chi connectivity index (χ3v) is 5.54. The van der Waals surface area contributed by atoms with E-state index in [4.69, 9.17) is 27.9 Å². The van der Waals surface area contributed by atoms with E-state index in [0.29, 0.717) is 16.3 Å². The number of aromatic nitrogens is 1. The maximum atomic E-state index is 12.7. The summed E-state index contributed by atoms with van der Waals surface area (Å²) in [7, 11) is -3.92. The van der Waals surface area contributed by atoms with Gasteiger partial charge in [-0.15, -0.1) is 0 Å². The number of amides is 1. The van der Waals surface area contributed by atoms with E-state index in [1.54, 1.807) is 31.2 Å². The molecule has 11 nitrogen and oxygen atoms in total. The first-order valence-corrected chi connectivity index (χ1v) is 11.0. The van der Waals surface area contributed by atoms with Crippen LogP contribution in [0, 0.1) is 6.92 Å². The van der Waals surface area contributed by atoms with E-state index in [0.717, 1.165) is 4.57 Å². The van der Waals surface area contributed by atoms with Gasteiger partial charge in [0.15, 0.2) is 0 Å². The van der Waals surface area contributed by atoms with E-state index in [-0.39, 0.29) is 31.3 Å². The van der Waals surface area contributed by atoms with Crippen molar-refractivity contribution in [2.75, 3.05) is 17.9 Å². The lowest BCUT2D eigenvalue weighted by atomic mass is 10.2. The molecule has 0 bridgehead atoms. The highest BCUT2D eigenvalue weighted by molar-refractivity contribution is 7.91. The van der Waals surface area contributed by atoms with Gasteiger partial charge < -0.3 is 26.2 Å². The Morgan fingerprint density at radius 1 is 1.23 bits per heavy atom. The molecule has 2 aromatic rings. The van der Waals surface area contributed by atoms with E-state index in [9.17, 15) is 18.0 Å². The number of nitrogens with two attached hydrogens (primary N) is 2. The summed E-state index contributed by atoms with van der Waals surface area (Å²) in [5.41, 5.74) is 10.2. The first kappa shape index (κ1) is 24.0. The summed E-state index contributed by atoms with van der Waals surface area (Å²) in [6.45, 7) is 1.44. The van der Waals surface area contributed by atoms with Crippen LogP contribution in [-0.4, -0.2) is 38.0 Å². The fourth-order valence-corrected chi connectivity index (χ4v) is 4.03. The number of nitrogens with zero attached hydrogens (tertiary/aromatic N) is 2. The third kappa shape index (κ3) is 7.50. The number of carbonyl (C=O) groups excluding carboxylic acids is 1.